The summed E-state index contributed by atoms with van der Waals surface area (Å²) in [4.78, 5) is 73.5. The lowest BCUT2D eigenvalue weighted by Gasteiger charge is -2.38. The molecule has 5 aliphatic rings. The summed E-state index contributed by atoms with van der Waals surface area (Å²) in [6.07, 6.45) is 11.5. The van der Waals surface area contributed by atoms with Crippen molar-refractivity contribution in [2.45, 2.75) is 69.7 Å². The first kappa shape index (κ1) is 38.6. The van der Waals surface area contributed by atoms with E-state index in [1.54, 1.807) is 11.1 Å². The summed E-state index contributed by atoms with van der Waals surface area (Å²) < 4.78 is 0. The van der Waals surface area contributed by atoms with Crippen molar-refractivity contribution in [3.05, 3.63) is 65.6 Å². The second-order valence-corrected chi connectivity index (χ2v) is 16.6. The number of carbonyl (C=O) groups excluding carboxylic acids is 4. The average Bonchev–Trinajstić information content (AvgIpc) is 3.57. The Morgan fingerprint density at radius 1 is 0.842 bits per heavy atom. The molecule has 1 unspecified atom stereocenters. The molecule has 1 aromatic carbocycles. The van der Waals surface area contributed by atoms with E-state index in [1.807, 2.05) is 30.3 Å². The maximum atomic E-state index is 12.7. The van der Waals surface area contributed by atoms with Gasteiger partial charge in [0.25, 0.3) is 5.91 Å². The number of urea groups is 1. The molecule has 7 heterocycles. The number of hydrogen-bond acceptors (Lipinski definition) is 11. The molecular formula is C42H55N11O4. The molecular weight excluding hydrogens is 723 g/mol. The predicted octanol–water partition coefficient (Wildman–Crippen LogP) is 3.74. The summed E-state index contributed by atoms with van der Waals surface area (Å²) in [6, 6.07) is 12.8. The monoisotopic (exact) mass is 777 g/mol. The Bertz CT molecular complexity index is 1930. The molecule has 5 saturated heterocycles. The molecule has 2 atom stereocenters. The van der Waals surface area contributed by atoms with E-state index in [4.69, 9.17) is 15.7 Å². The number of pyridine rings is 1. The Balaban J connectivity index is 0.795. The first-order valence-corrected chi connectivity index (χ1v) is 20.7. The number of hydrogen-bond donors (Lipinski definition) is 3. The maximum Gasteiger partial charge on any atom is 0.320 e. The molecule has 5 fully saturated rings. The molecule has 2 aromatic heterocycles. The van der Waals surface area contributed by atoms with Gasteiger partial charge < -0.3 is 35.6 Å². The van der Waals surface area contributed by atoms with Crippen molar-refractivity contribution in [3.63, 3.8) is 0 Å². The number of imide groups is 1. The normalized spacial score (nSPS) is 22.9. The van der Waals surface area contributed by atoms with Crippen LogP contribution in [-0.2, 0) is 16.0 Å². The number of aromatic nitrogens is 3. The molecule has 3 aromatic rings. The van der Waals surface area contributed by atoms with Crippen LogP contribution in [0.4, 0.5) is 27.9 Å². The van der Waals surface area contributed by atoms with Crippen molar-refractivity contribution in [2.24, 2.45) is 17.6 Å². The van der Waals surface area contributed by atoms with Gasteiger partial charge in [-0.05, 0) is 106 Å². The quantitative estimate of drug-likeness (QED) is 0.242. The van der Waals surface area contributed by atoms with Gasteiger partial charge in [-0.15, -0.1) is 0 Å². The summed E-state index contributed by atoms with van der Waals surface area (Å²) in [7, 11) is 1.84. The molecule has 15 heteroatoms. The van der Waals surface area contributed by atoms with Crippen LogP contribution in [0.1, 0.15) is 78.9 Å². The Morgan fingerprint density at radius 2 is 1.63 bits per heavy atom. The number of primary amides is 1. The van der Waals surface area contributed by atoms with E-state index in [0.29, 0.717) is 49.3 Å². The standard InChI is InChI=1S/C42H55N11O4/c1-49-21-22-53(42(49)57)34-3-2-16-52(27-34)36-25-45-38(39(43)55)40(47-36)46-33-8-5-30(6-9-33)31-14-17-50(18-15-31)26-28-12-19-51(20-13-28)35-10-4-29(24-44-35)23-32-7-11-37(54)48-41(32)56/h4-6,8-10,24-25,28,31-32,34H,2-3,7,11-23,26-27H2,1H3,(H2,43,55)(H,46,47)(H,48,54,56)/t32?,34-/m1/s1. The number of nitrogens with one attached hydrogen (secondary N) is 2. The van der Waals surface area contributed by atoms with Gasteiger partial charge >= 0.3 is 6.03 Å². The van der Waals surface area contributed by atoms with Crippen molar-refractivity contribution in [1.82, 2.24) is 35.0 Å². The first-order valence-electron chi connectivity index (χ1n) is 20.7. The lowest BCUT2D eigenvalue weighted by Crippen LogP contribution is -2.49. The van der Waals surface area contributed by atoms with Gasteiger partial charge in [-0.25, -0.2) is 19.7 Å². The number of likely N-dealkylation sites (tertiary alicyclic amines) is 1. The SMILES string of the molecule is CN1CCN([C@@H]2CCCN(c3cnc(C(N)=O)c(Nc4ccc(C5CCN(CC6CCN(c7ccc(CC8CCC(=O)NC8=O)cn7)CC6)CC5)cc4)n3)C2)C1=O. The zero-order chi connectivity index (χ0) is 39.5. The van der Waals surface area contributed by atoms with Crippen LogP contribution in [0.25, 0.3) is 0 Å². The number of benzene rings is 1. The Labute approximate surface area is 334 Å². The highest BCUT2D eigenvalue weighted by molar-refractivity contribution is 5.98. The Hall–Kier alpha value is -5.31. The third kappa shape index (κ3) is 8.98. The Kier molecular flexibility index (Phi) is 11.5. The van der Waals surface area contributed by atoms with Gasteiger partial charge in [0.15, 0.2) is 11.5 Å². The molecule has 4 N–H and O–H groups in total. The van der Waals surface area contributed by atoms with Crippen LogP contribution in [0.3, 0.4) is 0 Å². The van der Waals surface area contributed by atoms with Gasteiger partial charge in [-0.1, -0.05) is 18.2 Å². The van der Waals surface area contributed by atoms with Crippen molar-refractivity contribution in [3.8, 4) is 0 Å². The van der Waals surface area contributed by atoms with E-state index >= 15 is 0 Å². The molecule has 0 aliphatic carbocycles. The van der Waals surface area contributed by atoms with E-state index < -0.39 is 5.91 Å². The number of carbonyl (C=O) groups is 4. The van der Waals surface area contributed by atoms with Gasteiger partial charge in [0.1, 0.15) is 11.6 Å². The minimum absolute atomic E-state index is 0.0746. The van der Waals surface area contributed by atoms with Crippen LogP contribution in [0.2, 0.25) is 0 Å². The van der Waals surface area contributed by atoms with Crippen molar-refractivity contribution >= 4 is 46.9 Å². The minimum Gasteiger partial charge on any atom is -0.364 e. The molecule has 0 spiro atoms. The van der Waals surface area contributed by atoms with E-state index in [9.17, 15) is 19.2 Å². The number of piperidine rings is 4. The van der Waals surface area contributed by atoms with Crippen LogP contribution in [0.15, 0.2) is 48.8 Å². The van der Waals surface area contributed by atoms with E-state index in [2.05, 4.69) is 54.6 Å². The lowest BCUT2D eigenvalue weighted by molar-refractivity contribution is -0.136. The molecule has 0 radical (unpaired) electrons. The second-order valence-electron chi connectivity index (χ2n) is 16.6. The summed E-state index contributed by atoms with van der Waals surface area (Å²) in [5, 5.41) is 5.77. The highest BCUT2D eigenvalue weighted by atomic mass is 16.2. The van der Waals surface area contributed by atoms with Crippen molar-refractivity contribution < 1.29 is 19.2 Å². The zero-order valence-electron chi connectivity index (χ0n) is 32.9. The third-order valence-electron chi connectivity index (χ3n) is 12.7. The number of amides is 5. The molecule has 5 amide bonds. The number of rotatable bonds is 11. The maximum absolute atomic E-state index is 12.7. The second kappa shape index (κ2) is 17.0. The topological polar surface area (TPSA) is 173 Å². The van der Waals surface area contributed by atoms with Gasteiger partial charge in [0.05, 0.1) is 12.2 Å². The lowest BCUT2D eigenvalue weighted by atomic mass is 9.88. The summed E-state index contributed by atoms with van der Waals surface area (Å²) in [6.45, 7) is 8.25. The van der Waals surface area contributed by atoms with Gasteiger partial charge in [-0.2, -0.15) is 0 Å². The largest absolute Gasteiger partial charge is 0.364 e. The zero-order valence-corrected chi connectivity index (χ0v) is 32.9. The van der Waals surface area contributed by atoms with E-state index in [-0.39, 0.29) is 35.5 Å². The van der Waals surface area contributed by atoms with Crippen LogP contribution in [0.5, 0.6) is 0 Å². The smallest absolute Gasteiger partial charge is 0.320 e. The molecule has 5 aliphatic heterocycles. The van der Waals surface area contributed by atoms with Crippen LogP contribution in [-0.4, -0.2) is 125 Å². The predicted molar refractivity (Wildman–Crippen MR) is 217 cm³/mol. The highest BCUT2D eigenvalue weighted by Crippen LogP contribution is 2.32. The molecule has 57 heavy (non-hydrogen) atoms. The number of likely N-dealkylation sites (N-methyl/N-ethyl adjacent to an activating group) is 1. The molecule has 302 valence electrons. The van der Waals surface area contributed by atoms with Crippen molar-refractivity contribution in [2.75, 3.05) is 81.1 Å². The number of nitrogens with two attached hydrogens (primary N) is 1. The Morgan fingerprint density at radius 3 is 2.32 bits per heavy atom. The minimum atomic E-state index is -0.639. The average molecular weight is 778 g/mol. The first-order chi connectivity index (χ1) is 27.7. The summed E-state index contributed by atoms with van der Waals surface area (Å²) in [5.41, 5.74) is 8.98. The molecule has 0 bridgehead atoms. The summed E-state index contributed by atoms with van der Waals surface area (Å²) in [5.74, 6) is 2.01. The van der Waals surface area contributed by atoms with E-state index in [0.717, 1.165) is 108 Å². The van der Waals surface area contributed by atoms with Crippen molar-refractivity contribution in [1.29, 1.82) is 0 Å². The fraction of sp³-hybridized carbons (Fsp3) is 0.548. The molecule has 8 rings (SSSR count). The van der Waals surface area contributed by atoms with Gasteiger partial charge in [0.2, 0.25) is 11.8 Å². The van der Waals surface area contributed by atoms with E-state index in [1.165, 1.54) is 5.56 Å². The highest BCUT2D eigenvalue weighted by Gasteiger charge is 2.35. The number of anilines is 4. The fourth-order valence-electron chi connectivity index (χ4n) is 9.30. The van der Waals surface area contributed by atoms with Crippen LogP contribution < -0.4 is 26.2 Å². The summed E-state index contributed by atoms with van der Waals surface area (Å²) >= 11 is 0. The molecule has 15 nitrogen and oxygen atoms in total. The third-order valence-corrected chi connectivity index (χ3v) is 12.7. The van der Waals surface area contributed by atoms with Gasteiger partial charge in [0, 0.05) is 77.1 Å². The van der Waals surface area contributed by atoms with Crippen LogP contribution >= 0.6 is 0 Å². The van der Waals surface area contributed by atoms with Gasteiger partial charge in [-0.3, -0.25) is 19.7 Å². The van der Waals surface area contributed by atoms with Crippen LogP contribution in [0, 0.1) is 11.8 Å². The molecule has 0 saturated carbocycles. The fourth-order valence-corrected chi connectivity index (χ4v) is 9.30. The number of nitrogens with zero attached hydrogens (tertiary/aromatic N) is 8.